The van der Waals surface area contributed by atoms with Crippen LogP contribution in [0.15, 0.2) is 0 Å². The molecule has 82 valence electrons. The molecule has 0 aromatic heterocycles. The highest BCUT2D eigenvalue weighted by Crippen LogP contribution is 2.60. The van der Waals surface area contributed by atoms with Crippen molar-refractivity contribution in [3.05, 3.63) is 0 Å². The van der Waals surface area contributed by atoms with E-state index in [0.29, 0.717) is 0 Å². The van der Waals surface area contributed by atoms with Gasteiger partial charge in [0.2, 0.25) is 0 Å². The quantitative estimate of drug-likeness (QED) is 0.580. The van der Waals surface area contributed by atoms with Crippen LogP contribution in [0, 0.1) is 0 Å². The Labute approximate surface area is 70.7 Å². The van der Waals surface area contributed by atoms with Gasteiger partial charge in [0.25, 0.3) is 5.78 Å². The molecule has 1 aliphatic rings. The number of hydrogen-bond acceptors (Lipinski definition) is 1. The zero-order valence-electron chi connectivity index (χ0n) is 5.93. The summed E-state index contributed by atoms with van der Waals surface area (Å²) in [5.41, 5.74) is 0. The van der Waals surface area contributed by atoms with Crippen molar-refractivity contribution in [1.29, 1.82) is 0 Å². The lowest BCUT2D eigenvalue weighted by Crippen LogP contribution is -2.51. The molecule has 0 radical (unpaired) electrons. The number of ketones is 1. The van der Waals surface area contributed by atoms with Crippen LogP contribution in [0.5, 0.6) is 0 Å². The third kappa shape index (κ3) is 0.782. The van der Waals surface area contributed by atoms with Gasteiger partial charge in [0, 0.05) is 0 Å². The Morgan fingerprint density at radius 1 is 0.643 bits per heavy atom. The molecule has 0 amide bonds. The van der Waals surface area contributed by atoms with Crippen molar-refractivity contribution >= 4 is 5.78 Å². The van der Waals surface area contributed by atoms with E-state index in [4.69, 9.17) is 0 Å². The average Bonchev–Trinajstić information content (AvgIpc) is 2.05. The second-order valence-corrected chi connectivity index (χ2v) is 2.63. The van der Waals surface area contributed by atoms with Crippen LogP contribution in [0.25, 0.3) is 0 Å². The molecule has 0 N–H and O–H groups in total. The Balaban J connectivity index is 3.46. The number of carbonyl (C=O) groups excluding carboxylic acids is 1. The Kier molecular flexibility index (Phi) is 1.75. The summed E-state index contributed by atoms with van der Waals surface area (Å²) in [6.45, 7) is 0. The molecule has 0 spiro atoms. The van der Waals surface area contributed by atoms with Gasteiger partial charge in [0.05, 0.1) is 0 Å². The molecule has 0 atom stereocenters. The summed E-state index contributed by atoms with van der Waals surface area (Å²) < 4.78 is 96.4. The molecule has 9 heteroatoms. The first-order chi connectivity index (χ1) is 5.90. The SMILES string of the molecule is O=C1C(F)(F)C(F)(F)C(F)(F)C1(F)F. The maximum absolute atomic E-state index is 12.0. The molecule has 1 fully saturated rings. The second-order valence-electron chi connectivity index (χ2n) is 2.63. The molecule has 0 unspecified atom stereocenters. The minimum absolute atomic E-state index is 3.76. The first-order valence-corrected chi connectivity index (χ1v) is 2.97. The molecule has 1 nitrogen and oxygen atoms in total. The van der Waals surface area contributed by atoms with Crippen LogP contribution in [0.1, 0.15) is 0 Å². The Morgan fingerprint density at radius 2 is 0.857 bits per heavy atom. The fraction of sp³-hybridized carbons (Fsp3) is 0.800. The van der Waals surface area contributed by atoms with Crippen LogP contribution in [0.4, 0.5) is 35.1 Å². The van der Waals surface area contributed by atoms with Gasteiger partial charge in [0.15, 0.2) is 0 Å². The molecular formula is C5F8O. The maximum atomic E-state index is 12.0. The molecule has 1 rings (SSSR count). The van der Waals surface area contributed by atoms with E-state index < -0.39 is 29.5 Å². The van der Waals surface area contributed by atoms with Gasteiger partial charge in [-0.25, -0.2) is 0 Å². The Bertz CT molecular complexity index is 264. The molecule has 0 bridgehead atoms. The lowest BCUT2D eigenvalue weighted by atomic mass is 10.2. The third-order valence-corrected chi connectivity index (χ3v) is 1.75. The van der Waals surface area contributed by atoms with Crippen LogP contribution in [-0.2, 0) is 4.79 Å². The average molecular weight is 228 g/mol. The lowest BCUT2D eigenvalue weighted by molar-refractivity contribution is -0.303. The summed E-state index contributed by atoms with van der Waals surface area (Å²) in [4.78, 5) is 9.92. The van der Waals surface area contributed by atoms with Crippen LogP contribution in [-0.4, -0.2) is 29.5 Å². The summed E-state index contributed by atoms with van der Waals surface area (Å²) in [5, 5.41) is 0. The highest BCUT2D eigenvalue weighted by Gasteiger charge is 2.94. The van der Waals surface area contributed by atoms with E-state index in [-0.39, 0.29) is 0 Å². The molecule has 1 aliphatic carbocycles. The lowest BCUT2D eigenvalue weighted by Gasteiger charge is -2.22. The number of halogens is 8. The first-order valence-electron chi connectivity index (χ1n) is 2.97. The second kappa shape index (κ2) is 2.19. The molecule has 0 aliphatic heterocycles. The predicted molar refractivity (Wildman–Crippen MR) is 24.8 cm³/mol. The highest BCUT2D eigenvalue weighted by atomic mass is 19.4. The number of carbonyl (C=O) groups is 1. The van der Waals surface area contributed by atoms with Gasteiger partial charge in [0.1, 0.15) is 0 Å². The molecule has 0 saturated heterocycles. The summed E-state index contributed by atoms with van der Waals surface area (Å²) in [6, 6.07) is 0. The van der Waals surface area contributed by atoms with Gasteiger partial charge in [-0.15, -0.1) is 0 Å². The van der Waals surface area contributed by atoms with E-state index >= 15 is 0 Å². The number of Topliss-reactive ketones (excluding diaryl/α,β-unsaturated/α-hetero) is 1. The molecular weight excluding hydrogens is 228 g/mol. The topological polar surface area (TPSA) is 17.1 Å². The van der Waals surface area contributed by atoms with E-state index in [1.807, 2.05) is 0 Å². The van der Waals surface area contributed by atoms with Crippen LogP contribution in [0.3, 0.4) is 0 Å². The van der Waals surface area contributed by atoms with Gasteiger partial charge >= 0.3 is 23.7 Å². The number of alkyl halides is 8. The van der Waals surface area contributed by atoms with E-state index in [1.165, 1.54) is 0 Å². The van der Waals surface area contributed by atoms with Crippen molar-refractivity contribution in [2.45, 2.75) is 23.7 Å². The minimum atomic E-state index is -6.37. The minimum Gasteiger partial charge on any atom is -0.286 e. The van der Waals surface area contributed by atoms with Crippen molar-refractivity contribution in [3.63, 3.8) is 0 Å². The third-order valence-electron chi connectivity index (χ3n) is 1.75. The summed E-state index contributed by atoms with van der Waals surface area (Å²) in [6.07, 6.45) is 0. The van der Waals surface area contributed by atoms with Crippen molar-refractivity contribution in [2.24, 2.45) is 0 Å². The summed E-state index contributed by atoms with van der Waals surface area (Å²) in [5.74, 6) is -28.6. The predicted octanol–water partition coefficient (Wildman–Crippen LogP) is 2.11. The standard InChI is InChI=1S/C5F8O/c6-2(7)1(14)3(8,9)5(12,13)4(2,10)11. The number of rotatable bonds is 0. The molecule has 0 heterocycles. The molecule has 1 saturated carbocycles. The molecule has 0 aromatic carbocycles. The van der Waals surface area contributed by atoms with Crippen molar-refractivity contribution in [3.8, 4) is 0 Å². The molecule has 14 heavy (non-hydrogen) atoms. The van der Waals surface area contributed by atoms with Gasteiger partial charge in [-0.05, 0) is 0 Å². The zero-order valence-corrected chi connectivity index (χ0v) is 5.93. The van der Waals surface area contributed by atoms with Crippen LogP contribution < -0.4 is 0 Å². The molecule has 0 aromatic rings. The van der Waals surface area contributed by atoms with Crippen molar-refractivity contribution in [1.82, 2.24) is 0 Å². The first kappa shape index (κ1) is 11.2. The fourth-order valence-corrected chi connectivity index (χ4v) is 0.877. The summed E-state index contributed by atoms with van der Waals surface area (Å²) >= 11 is 0. The van der Waals surface area contributed by atoms with Crippen molar-refractivity contribution < 1.29 is 39.9 Å². The Hall–Kier alpha value is -0.890. The van der Waals surface area contributed by atoms with Gasteiger partial charge in [-0.1, -0.05) is 0 Å². The monoisotopic (exact) mass is 228 g/mol. The van der Waals surface area contributed by atoms with E-state index in [9.17, 15) is 39.9 Å². The highest BCUT2D eigenvalue weighted by molar-refractivity contribution is 5.97. The van der Waals surface area contributed by atoms with Crippen molar-refractivity contribution in [2.75, 3.05) is 0 Å². The number of hydrogen-bond donors (Lipinski definition) is 0. The van der Waals surface area contributed by atoms with Gasteiger partial charge in [-0.2, -0.15) is 35.1 Å². The largest absolute Gasteiger partial charge is 0.386 e. The van der Waals surface area contributed by atoms with E-state index in [0.717, 1.165) is 0 Å². The summed E-state index contributed by atoms with van der Waals surface area (Å²) in [7, 11) is 0. The van der Waals surface area contributed by atoms with Gasteiger partial charge in [-0.3, -0.25) is 4.79 Å². The van der Waals surface area contributed by atoms with E-state index in [1.54, 1.807) is 0 Å². The smallest absolute Gasteiger partial charge is 0.286 e. The maximum Gasteiger partial charge on any atom is 0.386 e. The van der Waals surface area contributed by atoms with E-state index in [2.05, 4.69) is 0 Å². The fourth-order valence-electron chi connectivity index (χ4n) is 0.877. The van der Waals surface area contributed by atoms with Gasteiger partial charge < -0.3 is 0 Å². The van der Waals surface area contributed by atoms with Crippen LogP contribution >= 0.6 is 0 Å². The zero-order chi connectivity index (χ0) is 11.6. The normalized spacial score (nSPS) is 31.9. The van der Waals surface area contributed by atoms with Crippen LogP contribution in [0.2, 0.25) is 0 Å². The Morgan fingerprint density at radius 3 is 0.929 bits per heavy atom.